The number of rotatable bonds is 2. The molecule has 0 radical (unpaired) electrons. The lowest BCUT2D eigenvalue weighted by Crippen LogP contribution is -2.36. The normalized spacial score (nSPS) is 29.9. The van der Waals surface area contributed by atoms with Crippen molar-refractivity contribution in [3.8, 4) is 0 Å². The molecule has 0 aromatic heterocycles. The van der Waals surface area contributed by atoms with Crippen LogP contribution < -0.4 is 0 Å². The van der Waals surface area contributed by atoms with E-state index in [1.807, 2.05) is 33.8 Å². The number of thioether (sulfide) groups is 1. The maximum absolute atomic E-state index is 12.1. The second-order valence-electron chi connectivity index (χ2n) is 7.10. The summed E-state index contributed by atoms with van der Waals surface area (Å²) in [6.45, 7) is 8.93. The number of aliphatic imine (C=N–C) groups is 1. The van der Waals surface area contributed by atoms with Crippen LogP contribution in [0.5, 0.6) is 0 Å². The largest absolute Gasteiger partial charge is 0.489 e. The molecule has 1 saturated heterocycles. The van der Waals surface area contributed by atoms with Gasteiger partial charge in [0.05, 0.1) is 22.9 Å². The average Bonchev–Trinajstić information content (AvgIpc) is 3.02. The molecule has 2 heterocycles. The number of nitrogens with zero attached hydrogens (tertiary/aromatic N) is 2. The molecule has 0 bridgehead atoms. The van der Waals surface area contributed by atoms with Crippen molar-refractivity contribution in [2.75, 3.05) is 13.1 Å². The van der Waals surface area contributed by atoms with Crippen LogP contribution in [0.25, 0.3) is 0 Å². The monoisotopic (exact) mass is 336 g/mol. The van der Waals surface area contributed by atoms with Crippen LogP contribution >= 0.6 is 11.8 Å². The lowest BCUT2D eigenvalue weighted by molar-refractivity contribution is 0.0260. The zero-order valence-electron chi connectivity index (χ0n) is 14.1. The summed E-state index contributed by atoms with van der Waals surface area (Å²) >= 11 is 1.80. The van der Waals surface area contributed by atoms with Crippen molar-refractivity contribution in [3.05, 3.63) is 24.0 Å². The molecule has 2 aliphatic heterocycles. The van der Waals surface area contributed by atoms with E-state index < -0.39 is 5.60 Å². The molecule has 6 heteroatoms. The molecule has 23 heavy (non-hydrogen) atoms. The van der Waals surface area contributed by atoms with Gasteiger partial charge in [-0.25, -0.2) is 4.79 Å². The number of allylic oxidation sites excluding steroid dienone is 1. The molecular weight excluding hydrogens is 312 g/mol. The van der Waals surface area contributed by atoms with Crippen LogP contribution in [0.3, 0.4) is 0 Å². The van der Waals surface area contributed by atoms with Crippen LogP contribution in [-0.2, 0) is 9.47 Å². The summed E-state index contributed by atoms with van der Waals surface area (Å²) in [5.41, 5.74) is -0.463. The second kappa shape index (κ2) is 6.23. The van der Waals surface area contributed by atoms with E-state index in [0.717, 1.165) is 17.2 Å². The minimum atomic E-state index is -0.463. The molecule has 1 amide bonds. The summed E-state index contributed by atoms with van der Waals surface area (Å²) in [4.78, 5) is 18.4. The summed E-state index contributed by atoms with van der Waals surface area (Å²) in [6, 6.07) is 0.184. The quantitative estimate of drug-likeness (QED) is 0.776. The number of hydrogen-bond donors (Lipinski definition) is 0. The highest BCUT2D eigenvalue weighted by Gasteiger charge is 2.32. The van der Waals surface area contributed by atoms with Crippen molar-refractivity contribution in [1.29, 1.82) is 0 Å². The second-order valence-corrected chi connectivity index (χ2v) is 8.48. The number of amides is 1. The fraction of sp³-hybridized carbons (Fsp3) is 0.647. The minimum absolute atomic E-state index is 0.0223. The van der Waals surface area contributed by atoms with Crippen molar-refractivity contribution in [1.82, 2.24) is 4.90 Å². The Bertz CT molecular complexity index is 577. The summed E-state index contributed by atoms with van der Waals surface area (Å²) in [7, 11) is 0. The third-order valence-corrected chi connectivity index (χ3v) is 5.01. The number of hydrogen-bond acceptors (Lipinski definition) is 5. The molecule has 3 aliphatic rings. The van der Waals surface area contributed by atoms with Gasteiger partial charge in [-0.2, -0.15) is 0 Å². The molecule has 0 N–H and O–H groups in total. The molecule has 0 saturated carbocycles. The van der Waals surface area contributed by atoms with Gasteiger partial charge in [-0.3, -0.25) is 4.99 Å². The third kappa shape index (κ3) is 4.10. The van der Waals surface area contributed by atoms with Gasteiger partial charge in [0.2, 0.25) is 0 Å². The van der Waals surface area contributed by atoms with Crippen LogP contribution in [0.4, 0.5) is 4.79 Å². The van der Waals surface area contributed by atoms with Crippen molar-refractivity contribution in [2.45, 2.75) is 57.1 Å². The Morgan fingerprint density at radius 3 is 2.96 bits per heavy atom. The summed E-state index contributed by atoms with van der Waals surface area (Å²) in [5.74, 6) is 0.862. The van der Waals surface area contributed by atoms with Gasteiger partial charge in [0.25, 0.3) is 0 Å². The highest BCUT2D eigenvalue weighted by Crippen LogP contribution is 2.33. The van der Waals surface area contributed by atoms with Gasteiger partial charge in [-0.15, -0.1) is 11.8 Å². The van der Waals surface area contributed by atoms with E-state index in [-0.39, 0.29) is 18.2 Å². The lowest BCUT2D eigenvalue weighted by atomic mass is 10.1. The van der Waals surface area contributed by atoms with Crippen molar-refractivity contribution < 1.29 is 14.3 Å². The molecule has 126 valence electrons. The maximum atomic E-state index is 12.1. The zero-order valence-corrected chi connectivity index (χ0v) is 14.9. The Morgan fingerprint density at radius 2 is 2.22 bits per heavy atom. The SMILES string of the molecule is CC1=N[C@@H]2C=C(O[C@H]3CCN(C(=O)OC(C)(C)C)C3)C=C[C@@H]2S1. The number of likely N-dealkylation sites (tertiary alicyclic amines) is 1. The first kappa shape index (κ1) is 16.4. The fourth-order valence-corrected chi connectivity index (χ4v) is 3.88. The van der Waals surface area contributed by atoms with Gasteiger partial charge in [-0.1, -0.05) is 6.08 Å². The fourth-order valence-electron chi connectivity index (χ4n) is 2.87. The van der Waals surface area contributed by atoms with Crippen LogP contribution in [-0.4, -0.2) is 52.1 Å². The smallest absolute Gasteiger partial charge is 0.410 e. The number of ether oxygens (including phenoxy) is 2. The van der Waals surface area contributed by atoms with Crippen molar-refractivity contribution >= 4 is 22.9 Å². The molecule has 0 aromatic carbocycles. The summed E-state index contributed by atoms with van der Waals surface area (Å²) in [5, 5.41) is 1.53. The third-order valence-electron chi connectivity index (χ3n) is 3.86. The Hall–Kier alpha value is -1.43. The van der Waals surface area contributed by atoms with Crippen LogP contribution in [0.1, 0.15) is 34.1 Å². The van der Waals surface area contributed by atoms with Gasteiger partial charge in [0, 0.05) is 13.0 Å². The standard InChI is InChI=1S/C17H24N2O3S/c1-11-18-14-9-12(5-6-15(14)23-11)21-13-7-8-19(10-13)16(20)22-17(2,3)4/h5-6,9,13-15H,7-8,10H2,1-4H3/t13-,14+,15-/m0/s1. The molecule has 0 aromatic rings. The van der Waals surface area contributed by atoms with Crippen LogP contribution in [0.15, 0.2) is 29.0 Å². The number of fused-ring (bicyclic) bond motifs is 1. The molecule has 3 atom stereocenters. The average molecular weight is 336 g/mol. The van der Waals surface area contributed by atoms with Gasteiger partial charge in [0.15, 0.2) is 0 Å². The van der Waals surface area contributed by atoms with Gasteiger partial charge < -0.3 is 14.4 Å². The molecule has 0 unspecified atom stereocenters. The van der Waals surface area contributed by atoms with Gasteiger partial charge >= 0.3 is 6.09 Å². The van der Waals surface area contributed by atoms with E-state index in [1.165, 1.54) is 0 Å². The van der Waals surface area contributed by atoms with Crippen molar-refractivity contribution in [2.24, 2.45) is 4.99 Å². The Morgan fingerprint density at radius 1 is 1.43 bits per heavy atom. The number of carbonyl (C=O) groups excluding carboxylic acids is 1. The first-order valence-corrected chi connectivity index (χ1v) is 8.94. The highest BCUT2D eigenvalue weighted by molar-refractivity contribution is 8.14. The number of carbonyl (C=O) groups is 1. The lowest BCUT2D eigenvalue weighted by Gasteiger charge is -2.24. The topological polar surface area (TPSA) is 51.1 Å². The molecule has 1 aliphatic carbocycles. The molecular formula is C17H24N2O3S. The van der Waals surface area contributed by atoms with Crippen LogP contribution in [0, 0.1) is 0 Å². The molecule has 0 spiro atoms. The van der Waals surface area contributed by atoms with E-state index in [4.69, 9.17) is 9.47 Å². The van der Waals surface area contributed by atoms with Gasteiger partial charge in [-0.05, 0) is 39.8 Å². The predicted molar refractivity (Wildman–Crippen MR) is 92.8 cm³/mol. The highest BCUT2D eigenvalue weighted by atomic mass is 32.2. The Kier molecular flexibility index (Phi) is 4.45. The zero-order chi connectivity index (χ0) is 16.6. The summed E-state index contributed by atoms with van der Waals surface area (Å²) < 4.78 is 11.5. The first-order chi connectivity index (χ1) is 10.8. The Balaban J connectivity index is 1.54. The van der Waals surface area contributed by atoms with Crippen molar-refractivity contribution in [3.63, 3.8) is 0 Å². The van der Waals surface area contributed by atoms with E-state index in [1.54, 1.807) is 16.7 Å². The summed E-state index contributed by atoms with van der Waals surface area (Å²) in [6.07, 6.45) is 6.86. The van der Waals surface area contributed by atoms with Crippen LogP contribution in [0.2, 0.25) is 0 Å². The van der Waals surface area contributed by atoms with E-state index >= 15 is 0 Å². The van der Waals surface area contributed by atoms with E-state index in [9.17, 15) is 4.79 Å². The van der Waals surface area contributed by atoms with E-state index in [0.29, 0.717) is 18.3 Å². The first-order valence-electron chi connectivity index (χ1n) is 8.06. The van der Waals surface area contributed by atoms with Gasteiger partial charge in [0.1, 0.15) is 17.5 Å². The molecule has 3 rings (SSSR count). The minimum Gasteiger partial charge on any atom is -0.489 e. The molecule has 5 nitrogen and oxygen atoms in total. The Labute approximate surface area is 141 Å². The molecule has 1 fully saturated rings. The van der Waals surface area contributed by atoms with E-state index in [2.05, 4.69) is 17.1 Å². The predicted octanol–water partition coefficient (Wildman–Crippen LogP) is 3.37. The maximum Gasteiger partial charge on any atom is 0.410 e.